The summed E-state index contributed by atoms with van der Waals surface area (Å²) in [7, 11) is 8.59. The van der Waals surface area contributed by atoms with Gasteiger partial charge in [-0.2, -0.15) is 0 Å². The number of hydrogen-bond acceptors (Lipinski definition) is 8. The fraction of sp³-hybridized carbons (Fsp3) is 0.286. The lowest BCUT2D eigenvalue weighted by Gasteiger charge is -2.15. The lowest BCUT2D eigenvalue weighted by atomic mass is 10.0. The number of carbonyl (C=O) groups excluding carboxylic acids is 1. The topological polar surface area (TPSA) is 92.7 Å². The Labute approximate surface area is 169 Å². The number of benzene rings is 2. The standard InChI is InChI=1S/C21H24O8/c1-24-15-10-13(11-16(25-2)19(15)22)14(21(23)29-6)7-12-8-17(26-3)20(28-5)18(9-12)27-4/h7-11,22H,1-6H3/b14-7+. The molecule has 0 aliphatic heterocycles. The fourth-order valence-electron chi connectivity index (χ4n) is 2.77. The smallest absolute Gasteiger partial charge is 0.338 e. The summed E-state index contributed by atoms with van der Waals surface area (Å²) in [5.74, 6) is 0.841. The summed E-state index contributed by atoms with van der Waals surface area (Å²) in [6.07, 6.45) is 1.60. The number of phenols is 1. The molecule has 156 valence electrons. The van der Waals surface area contributed by atoms with E-state index in [0.717, 1.165) is 0 Å². The second kappa shape index (κ2) is 9.59. The summed E-state index contributed by atoms with van der Waals surface area (Å²) in [5, 5.41) is 10.1. The van der Waals surface area contributed by atoms with Crippen molar-refractivity contribution in [1.29, 1.82) is 0 Å². The summed E-state index contributed by atoms with van der Waals surface area (Å²) < 4.78 is 31.3. The number of methoxy groups -OCH3 is 6. The quantitative estimate of drug-likeness (QED) is 0.408. The first-order valence-corrected chi connectivity index (χ1v) is 8.49. The third-order valence-corrected chi connectivity index (χ3v) is 4.19. The normalized spacial score (nSPS) is 10.9. The molecular formula is C21H24O8. The highest BCUT2D eigenvalue weighted by Gasteiger charge is 2.20. The molecule has 0 spiro atoms. The van der Waals surface area contributed by atoms with E-state index in [1.807, 2.05) is 0 Å². The van der Waals surface area contributed by atoms with Gasteiger partial charge in [0.05, 0.1) is 48.2 Å². The van der Waals surface area contributed by atoms with E-state index in [0.29, 0.717) is 28.4 Å². The van der Waals surface area contributed by atoms with E-state index in [1.165, 1.54) is 54.8 Å². The number of esters is 1. The van der Waals surface area contributed by atoms with Gasteiger partial charge >= 0.3 is 5.97 Å². The molecule has 0 fully saturated rings. The van der Waals surface area contributed by atoms with Crippen molar-refractivity contribution in [2.24, 2.45) is 0 Å². The van der Waals surface area contributed by atoms with Crippen LogP contribution >= 0.6 is 0 Å². The maximum absolute atomic E-state index is 12.5. The molecule has 0 saturated carbocycles. The molecule has 0 aromatic heterocycles. The highest BCUT2D eigenvalue weighted by molar-refractivity contribution is 6.21. The third kappa shape index (κ3) is 4.48. The zero-order valence-electron chi connectivity index (χ0n) is 17.2. The fourth-order valence-corrected chi connectivity index (χ4v) is 2.77. The molecule has 8 heteroatoms. The Morgan fingerprint density at radius 1 is 0.759 bits per heavy atom. The van der Waals surface area contributed by atoms with Crippen molar-refractivity contribution in [3.05, 3.63) is 35.4 Å². The van der Waals surface area contributed by atoms with Crippen LogP contribution in [0.4, 0.5) is 0 Å². The van der Waals surface area contributed by atoms with Gasteiger partial charge in [0.1, 0.15) is 0 Å². The van der Waals surface area contributed by atoms with Crippen molar-refractivity contribution in [2.45, 2.75) is 0 Å². The van der Waals surface area contributed by atoms with Crippen LogP contribution < -0.4 is 23.7 Å². The van der Waals surface area contributed by atoms with E-state index >= 15 is 0 Å². The van der Waals surface area contributed by atoms with Gasteiger partial charge in [-0.15, -0.1) is 0 Å². The van der Waals surface area contributed by atoms with Crippen LogP contribution in [-0.2, 0) is 9.53 Å². The number of rotatable bonds is 8. The number of aromatic hydroxyl groups is 1. The first-order valence-electron chi connectivity index (χ1n) is 8.49. The van der Waals surface area contributed by atoms with Crippen LogP contribution in [0.1, 0.15) is 11.1 Å². The molecule has 0 amide bonds. The Kier molecular flexibility index (Phi) is 7.19. The molecule has 0 aliphatic carbocycles. The van der Waals surface area contributed by atoms with Crippen molar-refractivity contribution in [1.82, 2.24) is 0 Å². The summed E-state index contributed by atoms with van der Waals surface area (Å²) in [6, 6.07) is 6.41. The van der Waals surface area contributed by atoms with Crippen molar-refractivity contribution in [2.75, 3.05) is 42.7 Å². The Bertz CT molecular complexity index is 867. The van der Waals surface area contributed by atoms with Gasteiger partial charge in [0.15, 0.2) is 23.0 Å². The van der Waals surface area contributed by atoms with E-state index in [2.05, 4.69) is 0 Å². The van der Waals surface area contributed by atoms with Gasteiger partial charge in [0.2, 0.25) is 11.5 Å². The minimum atomic E-state index is -0.589. The van der Waals surface area contributed by atoms with E-state index in [4.69, 9.17) is 28.4 Å². The maximum atomic E-state index is 12.5. The maximum Gasteiger partial charge on any atom is 0.338 e. The van der Waals surface area contributed by atoms with E-state index in [-0.39, 0.29) is 22.8 Å². The molecule has 29 heavy (non-hydrogen) atoms. The number of ether oxygens (including phenoxy) is 6. The van der Waals surface area contributed by atoms with Crippen molar-refractivity contribution in [3.8, 4) is 34.5 Å². The SMILES string of the molecule is COC(=O)/C(=C/c1cc(OC)c(OC)c(OC)c1)c1cc(OC)c(O)c(OC)c1. The molecule has 0 bridgehead atoms. The summed E-state index contributed by atoms with van der Waals surface area (Å²) in [5.41, 5.74) is 1.24. The Morgan fingerprint density at radius 3 is 1.62 bits per heavy atom. The lowest BCUT2D eigenvalue weighted by molar-refractivity contribution is -0.133. The Hall–Kier alpha value is -3.55. The average Bonchev–Trinajstić information content (AvgIpc) is 2.76. The van der Waals surface area contributed by atoms with Gasteiger partial charge in [-0.1, -0.05) is 0 Å². The van der Waals surface area contributed by atoms with Crippen LogP contribution in [0.3, 0.4) is 0 Å². The van der Waals surface area contributed by atoms with Gasteiger partial charge in [0, 0.05) is 0 Å². The number of phenolic OH excluding ortho intramolecular Hbond substituents is 1. The van der Waals surface area contributed by atoms with Gasteiger partial charge in [0.25, 0.3) is 0 Å². The first-order chi connectivity index (χ1) is 13.9. The van der Waals surface area contributed by atoms with Crippen molar-refractivity contribution < 1.29 is 38.3 Å². The first kappa shape index (κ1) is 21.7. The van der Waals surface area contributed by atoms with Crippen LogP contribution in [0.15, 0.2) is 24.3 Å². The third-order valence-electron chi connectivity index (χ3n) is 4.19. The van der Waals surface area contributed by atoms with E-state index in [9.17, 15) is 9.90 Å². The van der Waals surface area contributed by atoms with Crippen LogP contribution in [0.25, 0.3) is 11.6 Å². The van der Waals surface area contributed by atoms with Crippen molar-refractivity contribution >= 4 is 17.6 Å². The predicted molar refractivity (Wildman–Crippen MR) is 107 cm³/mol. The molecule has 1 N–H and O–H groups in total. The minimum Gasteiger partial charge on any atom is -0.502 e. The molecule has 2 aromatic carbocycles. The van der Waals surface area contributed by atoms with Gasteiger partial charge in [-0.3, -0.25) is 0 Å². The number of carbonyl (C=O) groups is 1. The lowest BCUT2D eigenvalue weighted by Crippen LogP contribution is -2.05. The van der Waals surface area contributed by atoms with Gasteiger partial charge < -0.3 is 33.5 Å². The highest BCUT2D eigenvalue weighted by Crippen LogP contribution is 2.41. The summed E-state index contributed by atoms with van der Waals surface area (Å²) >= 11 is 0. The molecule has 0 unspecified atom stereocenters. The van der Waals surface area contributed by atoms with Gasteiger partial charge in [-0.25, -0.2) is 4.79 Å². The highest BCUT2D eigenvalue weighted by atomic mass is 16.5. The molecular weight excluding hydrogens is 380 g/mol. The second-order valence-electron chi connectivity index (χ2n) is 5.74. The van der Waals surface area contributed by atoms with Crippen LogP contribution in [0.2, 0.25) is 0 Å². The summed E-state index contributed by atoms with van der Waals surface area (Å²) in [4.78, 5) is 12.5. The molecule has 2 rings (SSSR count). The molecule has 0 aliphatic rings. The average molecular weight is 404 g/mol. The largest absolute Gasteiger partial charge is 0.502 e. The second-order valence-corrected chi connectivity index (χ2v) is 5.74. The molecule has 0 atom stereocenters. The molecule has 2 aromatic rings. The van der Waals surface area contributed by atoms with Crippen molar-refractivity contribution in [3.63, 3.8) is 0 Å². The summed E-state index contributed by atoms with van der Waals surface area (Å²) in [6.45, 7) is 0. The Morgan fingerprint density at radius 2 is 1.24 bits per heavy atom. The minimum absolute atomic E-state index is 0.152. The molecule has 0 saturated heterocycles. The van der Waals surface area contributed by atoms with Crippen LogP contribution in [0, 0.1) is 0 Å². The monoisotopic (exact) mass is 404 g/mol. The van der Waals surface area contributed by atoms with E-state index in [1.54, 1.807) is 18.2 Å². The number of hydrogen-bond donors (Lipinski definition) is 1. The Balaban J connectivity index is 2.72. The molecule has 0 heterocycles. The molecule has 8 nitrogen and oxygen atoms in total. The zero-order valence-corrected chi connectivity index (χ0v) is 17.2. The molecule has 0 radical (unpaired) electrons. The predicted octanol–water partition coefficient (Wildman–Crippen LogP) is 3.15. The van der Waals surface area contributed by atoms with E-state index < -0.39 is 5.97 Å². The zero-order chi connectivity index (χ0) is 21.6. The van der Waals surface area contributed by atoms with Crippen LogP contribution in [-0.4, -0.2) is 53.7 Å². The van der Waals surface area contributed by atoms with Crippen LogP contribution in [0.5, 0.6) is 34.5 Å². The van der Waals surface area contributed by atoms with Gasteiger partial charge in [-0.05, 0) is 41.5 Å².